The lowest BCUT2D eigenvalue weighted by molar-refractivity contribution is -0.123. The lowest BCUT2D eigenvalue weighted by atomic mass is 9.75. The summed E-state index contributed by atoms with van der Waals surface area (Å²) in [4.78, 5) is 29.6. The SMILES string of the molecule is CC(C)CCN1C[C@H]2C(=O)NC3(CCN(C(=O)c4ccc(F)cc4)CC3)[C@H]2C1. The summed E-state index contributed by atoms with van der Waals surface area (Å²) in [6, 6.07) is 5.73. The third-order valence-corrected chi connectivity index (χ3v) is 6.87. The summed E-state index contributed by atoms with van der Waals surface area (Å²) >= 11 is 0. The van der Waals surface area contributed by atoms with Gasteiger partial charge in [-0.15, -0.1) is 0 Å². The maximum Gasteiger partial charge on any atom is 0.253 e. The zero-order valence-corrected chi connectivity index (χ0v) is 16.8. The van der Waals surface area contributed by atoms with E-state index in [0.29, 0.717) is 30.5 Å². The van der Waals surface area contributed by atoms with Gasteiger partial charge in [-0.3, -0.25) is 9.59 Å². The number of carbonyl (C=O) groups is 2. The number of rotatable bonds is 4. The highest BCUT2D eigenvalue weighted by atomic mass is 19.1. The molecule has 3 heterocycles. The Balaban J connectivity index is 1.40. The van der Waals surface area contributed by atoms with Crippen LogP contribution >= 0.6 is 0 Å². The summed E-state index contributed by atoms with van der Waals surface area (Å²) in [5.41, 5.74) is 0.347. The second kappa shape index (κ2) is 7.47. The van der Waals surface area contributed by atoms with Crippen molar-refractivity contribution in [1.29, 1.82) is 0 Å². The van der Waals surface area contributed by atoms with Crippen LogP contribution in [0.4, 0.5) is 4.39 Å². The average molecular weight is 387 g/mol. The van der Waals surface area contributed by atoms with Crippen LogP contribution in [0.5, 0.6) is 0 Å². The first-order chi connectivity index (χ1) is 13.4. The minimum absolute atomic E-state index is 0.0549. The van der Waals surface area contributed by atoms with Gasteiger partial charge in [0.25, 0.3) is 5.91 Å². The number of amides is 2. The summed E-state index contributed by atoms with van der Waals surface area (Å²) < 4.78 is 13.1. The van der Waals surface area contributed by atoms with E-state index in [2.05, 4.69) is 24.1 Å². The molecule has 1 aromatic carbocycles. The van der Waals surface area contributed by atoms with Crippen molar-refractivity contribution in [2.45, 2.75) is 38.6 Å². The highest BCUT2D eigenvalue weighted by molar-refractivity contribution is 5.94. The van der Waals surface area contributed by atoms with Crippen LogP contribution in [0.25, 0.3) is 0 Å². The first-order valence-electron chi connectivity index (χ1n) is 10.5. The van der Waals surface area contributed by atoms with Crippen molar-refractivity contribution >= 4 is 11.8 Å². The Morgan fingerprint density at radius 1 is 1.21 bits per heavy atom. The quantitative estimate of drug-likeness (QED) is 0.864. The van der Waals surface area contributed by atoms with Crippen LogP contribution in [-0.4, -0.2) is 59.9 Å². The standard InChI is InChI=1S/C22H30FN3O2/c1-15(2)7-10-25-13-18-19(14-25)22(24-20(18)27)8-11-26(12-9-22)21(28)16-3-5-17(23)6-4-16/h3-6,15,18-19H,7-14H2,1-2H3,(H,24,27)/t18-,19+/m1/s1. The Labute approximate surface area is 166 Å². The van der Waals surface area contributed by atoms with Gasteiger partial charge in [0.1, 0.15) is 5.82 Å². The number of fused-ring (bicyclic) bond motifs is 2. The molecule has 0 bridgehead atoms. The van der Waals surface area contributed by atoms with Gasteiger partial charge in [0, 0.05) is 43.2 Å². The monoisotopic (exact) mass is 387 g/mol. The molecule has 5 nitrogen and oxygen atoms in total. The lowest BCUT2D eigenvalue weighted by Crippen LogP contribution is -2.56. The number of benzene rings is 1. The van der Waals surface area contributed by atoms with Crippen molar-refractivity contribution in [2.75, 3.05) is 32.7 Å². The zero-order chi connectivity index (χ0) is 19.9. The molecule has 1 N–H and O–H groups in total. The maximum atomic E-state index is 13.1. The van der Waals surface area contributed by atoms with Gasteiger partial charge < -0.3 is 15.1 Å². The number of hydrogen-bond acceptors (Lipinski definition) is 3. The average Bonchev–Trinajstić information content (AvgIpc) is 3.21. The summed E-state index contributed by atoms with van der Waals surface area (Å²) in [6.45, 7) is 8.63. The summed E-state index contributed by atoms with van der Waals surface area (Å²) in [7, 11) is 0. The molecule has 4 rings (SSSR count). The highest BCUT2D eigenvalue weighted by Gasteiger charge is 2.57. The van der Waals surface area contributed by atoms with Gasteiger partial charge in [0.05, 0.1) is 5.92 Å². The van der Waals surface area contributed by atoms with Gasteiger partial charge in [-0.1, -0.05) is 13.8 Å². The van der Waals surface area contributed by atoms with Crippen LogP contribution in [0.2, 0.25) is 0 Å². The fraction of sp³-hybridized carbons (Fsp3) is 0.636. The molecular formula is C22H30FN3O2. The van der Waals surface area contributed by atoms with Crippen molar-refractivity contribution in [3.8, 4) is 0 Å². The van der Waals surface area contributed by atoms with Crippen LogP contribution in [-0.2, 0) is 4.79 Å². The predicted molar refractivity (Wildman–Crippen MR) is 105 cm³/mol. The van der Waals surface area contributed by atoms with Gasteiger partial charge in [-0.2, -0.15) is 0 Å². The number of hydrogen-bond donors (Lipinski definition) is 1. The van der Waals surface area contributed by atoms with Crippen molar-refractivity contribution in [3.05, 3.63) is 35.6 Å². The number of nitrogens with zero attached hydrogens (tertiary/aromatic N) is 2. The van der Waals surface area contributed by atoms with E-state index < -0.39 is 0 Å². The van der Waals surface area contributed by atoms with Crippen LogP contribution < -0.4 is 5.32 Å². The van der Waals surface area contributed by atoms with Gasteiger partial charge in [-0.25, -0.2) is 4.39 Å². The maximum absolute atomic E-state index is 13.1. The molecule has 3 aliphatic rings. The summed E-state index contributed by atoms with van der Waals surface area (Å²) in [5.74, 6) is 0.902. The van der Waals surface area contributed by atoms with Crippen molar-refractivity contribution in [3.63, 3.8) is 0 Å². The number of piperidine rings is 1. The van der Waals surface area contributed by atoms with Crippen LogP contribution in [0.3, 0.4) is 0 Å². The Hall–Kier alpha value is -1.95. The smallest absolute Gasteiger partial charge is 0.253 e. The Morgan fingerprint density at radius 2 is 1.89 bits per heavy atom. The Bertz CT molecular complexity index is 741. The zero-order valence-electron chi connectivity index (χ0n) is 16.8. The van der Waals surface area contributed by atoms with E-state index >= 15 is 0 Å². The van der Waals surface area contributed by atoms with E-state index in [9.17, 15) is 14.0 Å². The molecule has 0 aromatic heterocycles. The summed E-state index contributed by atoms with van der Waals surface area (Å²) in [6.07, 6.45) is 2.75. The van der Waals surface area contributed by atoms with E-state index in [0.717, 1.165) is 38.9 Å². The normalized spacial score (nSPS) is 26.7. The molecule has 0 unspecified atom stereocenters. The van der Waals surface area contributed by atoms with Crippen molar-refractivity contribution in [2.24, 2.45) is 17.8 Å². The highest BCUT2D eigenvalue weighted by Crippen LogP contribution is 2.44. The lowest BCUT2D eigenvalue weighted by Gasteiger charge is -2.42. The number of halogens is 1. The van der Waals surface area contributed by atoms with E-state index in [1.807, 2.05) is 4.90 Å². The van der Waals surface area contributed by atoms with E-state index in [1.165, 1.54) is 12.1 Å². The van der Waals surface area contributed by atoms with E-state index in [1.54, 1.807) is 12.1 Å². The van der Waals surface area contributed by atoms with Gasteiger partial charge in [0.15, 0.2) is 0 Å². The summed E-state index contributed by atoms with van der Waals surface area (Å²) in [5, 5.41) is 3.31. The fourth-order valence-corrected chi connectivity index (χ4v) is 5.14. The van der Waals surface area contributed by atoms with Crippen molar-refractivity contribution in [1.82, 2.24) is 15.1 Å². The molecule has 1 aromatic rings. The van der Waals surface area contributed by atoms with Crippen LogP contribution in [0, 0.1) is 23.6 Å². The molecule has 0 aliphatic carbocycles. The van der Waals surface area contributed by atoms with Gasteiger partial charge in [0.2, 0.25) is 5.91 Å². The van der Waals surface area contributed by atoms with Crippen LogP contribution in [0.15, 0.2) is 24.3 Å². The molecule has 6 heteroatoms. The number of nitrogens with one attached hydrogen (secondary N) is 1. The molecule has 28 heavy (non-hydrogen) atoms. The molecule has 3 saturated heterocycles. The molecule has 3 aliphatic heterocycles. The minimum atomic E-state index is -0.336. The third-order valence-electron chi connectivity index (χ3n) is 6.87. The topological polar surface area (TPSA) is 52.7 Å². The second-order valence-electron chi connectivity index (χ2n) is 9.10. The van der Waals surface area contributed by atoms with Crippen molar-refractivity contribution < 1.29 is 14.0 Å². The first-order valence-corrected chi connectivity index (χ1v) is 10.5. The number of likely N-dealkylation sites (tertiary alicyclic amines) is 2. The largest absolute Gasteiger partial charge is 0.350 e. The molecular weight excluding hydrogens is 357 g/mol. The van der Waals surface area contributed by atoms with Crippen LogP contribution in [0.1, 0.15) is 43.5 Å². The van der Waals surface area contributed by atoms with E-state index in [4.69, 9.17) is 0 Å². The number of carbonyl (C=O) groups excluding carboxylic acids is 2. The molecule has 1 spiro atoms. The fourth-order valence-electron chi connectivity index (χ4n) is 5.14. The first kappa shape index (κ1) is 19.4. The molecule has 0 saturated carbocycles. The Kier molecular flexibility index (Phi) is 5.17. The molecule has 152 valence electrons. The minimum Gasteiger partial charge on any atom is -0.350 e. The second-order valence-corrected chi connectivity index (χ2v) is 9.10. The Morgan fingerprint density at radius 3 is 2.54 bits per heavy atom. The molecule has 0 radical (unpaired) electrons. The van der Waals surface area contributed by atoms with E-state index in [-0.39, 0.29) is 29.1 Å². The molecule has 2 atom stereocenters. The predicted octanol–water partition coefficient (Wildman–Crippen LogP) is 2.52. The molecule has 3 fully saturated rings. The van der Waals surface area contributed by atoms with Gasteiger partial charge >= 0.3 is 0 Å². The third kappa shape index (κ3) is 3.54. The van der Waals surface area contributed by atoms with Gasteiger partial charge in [-0.05, 0) is 56.0 Å². The molecule has 2 amide bonds.